The first-order valence-electron chi connectivity index (χ1n) is 6.61. The molecule has 0 aromatic rings. The van der Waals surface area contributed by atoms with Crippen LogP contribution in [0.25, 0.3) is 0 Å². The van der Waals surface area contributed by atoms with E-state index in [4.69, 9.17) is 19.5 Å². The molecule has 0 aliphatic carbocycles. The van der Waals surface area contributed by atoms with Crippen molar-refractivity contribution in [2.45, 2.75) is 45.8 Å². The van der Waals surface area contributed by atoms with E-state index < -0.39 is 12.3 Å². The standard InChI is InChI=1S/C14H23NO4/c1-4-5-6-7-8-17-9-10-18-13(3)19-14(16)12(2)11-15/h13H,2,4-10H2,1,3H3. The minimum Gasteiger partial charge on any atom is -0.432 e. The van der Waals surface area contributed by atoms with Crippen molar-refractivity contribution < 1.29 is 19.0 Å². The smallest absolute Gasteiger partial charge is 0.350 e. The van der Waals surface area contributed by atoms with Crippen LogP contribution in [-0.2, 0) is 19.0 Å². The summed E-state index contributed by atoms with van der Waals surface area (Å²) in [6.45, 7) is 8.55. The van der Waals surface area contributed by atoms with Crippen LogP contribution in [0, 0.1) is 11.3 Å². The topological polar surface area (TPSA) is 68.6 Å². The number of carbonyl (C=O) groups is 1. The molecule has 0 saturated heterocycles. The van der Waals surface area contributed by atoms with E-state index in [0.717, 1.165) is 13.0 Å². The molecule has 0 aromatic carbocycles. The molecule has 1 atom stereocenters. The Kier molecular flexibility index (Phi) is 10.8. The van der Waals surface area contributed by atoms with Crippen LogP contribution < -0.4 is 0 Å². The maximum atomic E-state index is 11.2. The van der Waals surface area contributed by atoms with Gasteiger partial charge >= 0.3 is 5.97 Å². The maximum absolute atomic E-state index is 11.2. The zero-order valence-electron chi connectivity index (χ0n) is 11.8. The predicted molar refractivity (Wildman–Crippen MR) is 71.2 cm³/mol. The Morgan fingerprint density at radius 1 is 1.26 bits per heavy atom. The van der Waals surface area contributed by atoms with Crippen molar-refractivity contribution in [2.24, 2.45) is 0 Å². The highest BCUT2D eigenvalue weighted by Crippen LogP contribution is 2.01. The van der Waals surface area contributed by atoms with E-state index in [1.807, 2.05) is 0 Å². The lowest BCUT2D eigenvalue weighted by Gasteiger charge is -2.13. The third kappa shape index (κ3) is 10.2. The van der Waals surface area contributed by atoms with Gasteiger partial charge in [-0.15, -0.1) is 0 Å². The van der Waals surface area contributed by atoms with Gasteiger partial charge in [-0.05, 0) is 13.3 Å². The number of hydrogen-bond acceptors (Lipinski definition) is 5. The highest BCUT2D eigenvalue weighted by molar-refractivity contribution is 5.91. The Bertz CT molecular complexity index is 309. The van der Waals surface area contributed by atoms with Crippen LogP contribution in [0.4, 0.5) is 0 Å². The van der Waals surface area contributed by atoms with Crippen LogP contribution in [0.15, 0.2) is 12.2 Å². The average Bonchev–Trinajstić information content (AvgIpc) is 2.40. The molecule has 1 unspecified atom stereocenters. The van der Waals surface area contributed by atoms with Crippen molar-refractivity contribution in [2.75, 3.05) is 19.8 Å². The molecule has 0 aromatic heterocycles. The lowest BCUT2D eigenvalue weighted by molar-refractivity contribution is -0.172. The van der Waals surface area contributed by atoms with Gasteiger partial charge in [0.25, 0.3) is 0 Å². The molecule has 0 bridgehead atoms. The van der Waals surface area contributed by atoms with Crippen molar-refractivity contribution in [3.05, 3.63) is 12.2 Å². The molecule has 0 N–H and O–H groups in total. The zero-order chi connectivity index (χ0) is 14.5. The Balaban J connectivity index is 3.44. The van der Waals surface area contributed by atoms with Crippen molar-refractivity contribution in [1.82, 2.24) is 0 Å². The molecule has 108 valence electrons. The van der Waals surface area contributed by atoms with E-state index in [1.165, 1.54) is 19.3 Å². The van der Waals surface area contributed by atoms with Crippen LogP contribution >= 0.6 is 0 Å². The number of rotatable bonds is 11. The maximum Gasteiger partial charge on any atom is 0.350 e. The third-order valence-corrected chi connectivity index (χ3v) is 2.38. The van der Waals surface area contributed by atoms with Crippen LogP contribution in [0.3, 0.4) is 0 Å². The fraction of sp³-hybridized carbons (Fsp3) is 0.714. The summed E-state index contributed by atoms with van der Waals surface area (Å²) in [7, 11) is 0. The van der Waals surface area contributed by atoms with Gasteiger partial charge in [-0.1, -0.05) is 32.8 Å². The van der Waals surface area contributed by atoms with Gasteiger partial charge in [-0.2, -0.15) is 5.26 Å². The molecule has 0 amide bonds. The third-order valence-electron chi connectivity index (χ3n) is 2.38. The number of nitriles is 1. The normalized spacial score (nSPS) is 11.6. The molecule has 0 fully saturated rings. The van der Waals surface area contributed by atoms with Crippen LogP contribution in [0.1, 0.15) is 39.5 Å². The van der Waals surface area contributed by atoms with Gasteiger partial charge in [0.15, 0.2) is 0 Å². The molecule has 0 aliphatic rings. The Morgan fingerprint density at radius 2 is 2.00 bits per heavy atom. The number of carbonyl (C=O) groups excluding carboxylic acids is 1. The molecule has 0 heterocycles. The fourth-order valence-corrected chi connectivity index (χ4v) is 1.31. The summed E-state index contributed by atoms with van der Waals surface area (Å²) < 4.78 is 15.4. The monoisotopic (exact) mass is 269 g/mol. The number of hydrogen-bond donors (Lipinski definition) is 0. The highest BCUT2D eigenvalue weighted by atomic mass is 16.7. The molecule has 19 heavy (non-hydrogen) atoms. The molecule has 0 saturated carbocycles. The van der Waals surface area contributed by atoms with Gasteiger partial charge in [0.1, 0.15) is 11.6 Å². The lowest BCUT2D eigenvalue weighted by Crippen LogP contribution is -2.20. The van der Waals surface area contributed by atoms with Gasteiger partial charge in [-0.3, -0.25) is 0 Å². The van der Waals surface area contributed by atoms with Gasteiger partial charge < -0.3 is 14.2 Å². The van der Waals surface area contributed by atoms with E-state index in [2.05, 4.69) is 13.5 Å². The minimum atomic E-state index is -0.754. The summed E-state index contributed by atoms with van der Waals surface area (Å²) in [4.78, 5) is 11.2. The molecule has 5 heteroatoms. The SMILES string of the molecule is C=C(C#N)C(=O)OC(C)OCCOCCCCCC. The van der Waals surface area contributed by atoms with E-state index >= 15 is 0 Å². The van der Waals surface area contributed by atoms with Gasteiger partial charge in [-0.25, -0.2) is 4.79 Å². The second-order valence-electron chi connectivity index (χ2n) is 4.11. The fourth-order valence-electron chi connectivity index (χ4n) is 1.31. The first-order chi connectivity index (χ1) is 9.11. The minimum absolute atomic E-state index is 0.234. The summed E-state index contributed by atoms with van der Waals surface area (Å²) in [5, 5.41) is 8.44. The lowest BCUT2D eigenvalue weighted by atomic mass is 10.2. The molecular weight excluding hydrogens is 246 g/mol. The summed E-state index contributed by atoms with van der Waals surface area (Å²) in [6.07, 6.45) is 3.97. The number of ether oxygens (including phenoxy) is 3. The van der Waals surface area contributed by atoms with Gasteiger partial charge in [0.05, 0.1) is 13.2 Å². The van der Waals surface area contributed by atoms with E-state index in [-0.39, 0.29) is 5.57 Å². The molecule has 0 spiro atoms. The highest BCUT2D eigenvalue weighted by Gasteiger charge is 2.12. The quantitative estimate of drug-likeness (QED) is 0.189. The molecule has 0 aliphatic heterocycles. The van der Waals surface area contributed by atoms with Gasteiger partial charge in [0.2, 0.25) is 6.29 Å². The Labute approximate surface area is 115 Å². The zero-order valence-corrected chi connectivity index (χ0v) is 11.8. The summed E-state index contributed by atoms with van der Waals surface area (Å²) in [5.74, 6) is -0.754. The van der Waals surface area contributed by atoms with E-state index in [0.29, 0.717) is 13.2 Å². The van der Waals surface area contributed by atoms with Crippen LogP contribution in [-0.4, -0.2) is 32.1 Å². The molecule has 0 radical (unpaired) electrons. The summed E-state index contributed by atoms with van der Waals surface area (Å²) >= 11 is 0. The Hall–Kier alpha value is -1.38. The van der Waals surface area contributed by atoms with E-state index in [9.17, 15) is 4.79 Å². The van der Waals surface area contributed by atoms with Crippen molar-refractivity contribution in [3.63, 3.8) is 0 Å². The molecule has 0 rings (SSSR count). The summed E-state index contributed by atoms with van der Waals surface area (Å²) in [5.41, 5.74) is -0.234. The largest absolute Gasteiger partial charge is 0.432 e. The van der Waals surface area contributed by atoms with E-state index in [1.54, 1.807) is 13.0 Å². The second kappa shape index (κ2) is 11.7. The number of unbranched alkanes of at least 4 members (excludes halogenated alkanes) is 3. The van der Waals surface area contributed by atoms with Gasteiger partial charge in [0, 0.05) is 6.61 Å². The summed E-state index contributed by atoms with van der Waals surface area (Å²) in [6, 6.07) is 1.62. The van der Waals surface area contributed by atoms with Crippen molar-refractivity contribution in [1.29, 1.82) is 5.26 Å². The second-order valence-corrected chi connectivity index (χ2v) is 4.11. The number of esters is 1. The van der Waals surface area contributed by atoms with Crippen molar-refractivity contribution >= 4 is 5.97 Å². The average molecular weight is 269 g/mol. The number of nitrogens with zero attached hydrogens (tertiary/aromatic N) is 1. The Morgan fingerprint density at radius 3 is 2.63 bits per heavy atom. The predicted octanol–water partition coefficient (Wildman–Crippen LogP) is 2.57. The first-order valence-corrected chi connectivity index (χ1v) is 6.61. The molecular formula is C14H23NO4. The van der Waals surface area contributed by atoms with Crippen LogP contribution in [0.5, 0.6) is 0 Å². The molecule has 5 nitrogen and oxygen atoms in total. The first kappa shape index (κ1) is 17.6. The van der Waals surface area contributed by atoms with Crippen molar-refractivity contribution in [3.8, 4) is 6.07 Å². The van der Waals surface area contributed by atoms with Crippen LogP contribution in [0.2, 0.25) is 0 Å².